The predicted molar refractivity (Wildman–Crippen MR) is 201 cm³/mol. The van der Waals surface area contributed by atoms with E-state index in [1.54, 1.807) is 35.0 Å². The second-order valence-corrected chi connectivity index (χ2v) is 15.0. The van der Waals surface area contributed by atoms with Crippen LogP contribution in [0, 0.1) is 11.6 Å². The lowest BCUT2D eigenvalue weighted by Gasteiger charge is -2.35. The fourth-order valence-electron chi connectivity index (χ4n) is 6.63. The van der Waals surface area contributed by atoms with Gasteiger partial charge in [0.25, 0.3) is 0 Å². The Balaban J connectivity index is 0.00000561. The highest BCUT2D eigenvalue weighted by molar-refractivity contribution is 7.12. The van der Waals surface area contributed by atoms with Crippen LogP contribution in [-0.4, -0.2) is 69.4 Å². The van der Waals surface area contributed by atoms with Crippen molar-refractivity contribution in [2.75, 3.05) is 25.5 Å². The molecule has 6 N–H and O–H groups in total. The number of H-pyrrole nitrogens is 1. The molecule has 0 unspecified atom stereocenters. The standard InChI is InChI=1S/C38H40F2N4O7S2.FH/c1-44(23-6-8-24(9-7-23)51-37(49)38(50,32-4-2-16-52-32)33-5-3-17-53-33)15-14-35(48)42-29-19-27(39)22(18-28(29)40)20-41-21-31(46)25-10-12-30(45)36-26(25)11-13-34(47)43-36;/h2-5,10-13,16-19,23-24,31,41,45-46,50H,6-9,14-15,20-21H2,1H3,(H,42,48)(H,43,47);1H/t23?,24?,31-;/m1./s1. The van der Waals surface area contributed by atoms with E-state index < -0.39 is 40.8 Å². The number of ether oxygens (including phenoxy) is 1. The number of hydrogen-bond donors (Lipinski definition) is 6. The smallest absolute Gasteiger partial charge is 0.349 e. The van der Waals surface area contributed by atoms with Crippen molar-refractivity contribution in [1.82, 2.24) is 15.2 Å². The zero-order valence-corrected chi connectivity index (χ0v) is 30.9. The molecule has 3 heterocycles. The number of hydrogen-bond acceptors (Lipinski definition) is 11. The number of amides is 1. The van der Waals surface area contributed by atoms with Gasteiger partial charge in [0, 0.05) is 55.2 Å². The number of aromatic amines is 1. The molecule has 1 fully saturated rings. The van der Waals surface area contributed by atoms with Crippen LogP contribution in [0.15, 0.2) is 76.2 Å². The third kappa shape index (κ3) is 9.02. The Bertz CT molecular complexity index is 2070. The van der Waals surface area contributed by atoms with Gasteiger partial charge in [-0.15, -0.1) is 22.7 Å². The molecule has 1 saturated carbocycles. The second-order valence-electron chi connectivity index (χ2n) is 13.1. The number of halogens is 3. The van der Waals surface area contributed by atoms with Crippen molar-refractivity contribution in [2.24, 2.45) is 0 Å². The molecule has 16 heteroatoms. The first-order chi connectivity index (χ1) is 25.4. The Morgan fingerprint density at radius 2 is 1.70 bits per heavy atom. The number of aromatic nitrogens is 1. The van der Waals surface area contributed by atoms with Gasteiger partial charge in [-0.25, -0.2) is 13.6 Å². The number of benzene rings is 2. The van der Waals surface area contributed by atoms with Crippen molar-refractivity contribution in [3.8, 4) is 5.75 Å². The number of aromatic hydroxyl groups is 1. The molecule has 0 aliphatic heterocycles. The highest BCUT2D eigenvalue weighted by Gasteiger charge is 2.45. The molecular formula is C38H41F3N4O7S2. The largest absolute Gasteiger partial charge is 0.506 e. The fraction of sp³-hybridized carbons (Fsp3) is 0.342. The van der Waals surface area contributed by atoms with Gasteiger partial charge in [0.2, 0.25) is 17.1 Å². The molecule has 54 heavy (non-hydrogen) atoms. The minimum atomic E-state index is -1.86. The summed E-state index contributed by atoms with van der Waals surface area (Å²) in [4.78, 5) is 43.3. The number of anilines is 1. The average molecular weight is 787 g/mol. The van der Waals surface area contributed by atoms with E-state index in [1.165, 1.54) is 46.9 Å². The van der Waals surface area contributed by atoms with Crippen LogP contribution in [0.1, 0.15) is 59.1 Å². The summed E-state index contributed by atoms with van der Waals surface area (Å²) in [5.74, 6) is -2.86. The number of phenolic OH excluding ortho intramolecular Hbond substituents is 1. The third-order valence-corrected chi connectivity index (χ3v) is 11.6. The molecule has 0 saturated heterocycles. The lowest BCUT2D eigenvalue weighted by molar-refractivity contribution is -0.169. The molecule has 11 nitrogen and oxygen atoms in total. The van der Waals surface area contributed by atoms with Crippen molar-refractivity contribution < 1.29 is 43.1 Å². The van der Waals surface area contributed by atoms with Crippen LogP contribution in [0.5, 0.6) is 5.75 Å². The predicted octanol–water partition coefficient (Wildman–Crippen LogP) is 5.66. The Morgan fingerprint density at radius 1 is 1.02 bits per heavy atom. The second kappa shape index (κ2) is 17.7. The lowest BCUT2D eigenvalue weighted by Crippen LogP contribution is -2.42. The summed E-state index contributed by atoms with van der Waals surface area (Å²) in [6.07, 6.45) is 1.23. The molecule has 1 amide bonds. The topological polar surface area (TPSA) is 164 Å². The number of phenols is 1. The van der Waals surface area contributed by atoms with Gasteiger partial charge in [-0.05, 0) is 79.4 Å². The molecule has 1 atom stereocenters. The summed E-state index contributed by atoms with van der Waals surface area (Å²) >= 11 is 2.58. The Kier molecular flexibility index (Phi) is 13.3. The summed E-state index contributed by atoms with van der Waals surface area (Å²) in [6.45, 7) is 0.225. The molecule has 3 aromatic heterocycles. The van der Waals surface area contributed by atoms with Crippen LogP contribution in [-0.2, 0) is 26.5 Å². The van der Waals surface area contributed by atoms with Crippen molar-refractivity contribution in [3.63, 3.8) is 0 Å². The minimum Gasteiger partial charge on any atom is -0.506 e. The SMILES string of the molecule is CN(CCC(=O)Nc1cc(F)c(CNC[C@@H](O)c2ccc(O)c3[nH]c(=O)ccc23)cc1F)C1CCC(OC(=O)C(O)(c2cccs2)c2cccs2)CC1.F. The Hall–Kier alpha value is -4.58. The number of nitrogens with zero attached hydrogens (tertiary/aromatic N) is 1. The van der Waals surface area contributed by atoms with E-state index in [4.69, 9.17) is 4.74 Å². The fourth-order valence-corrected chi connectivity index (χ4v) is 8.34. The quantitative estimate of drug-likeness (QED) is 0.0780. The number of fused-ring (bicyclic) bond motifs is 1. The molecule has 1 aliphatic carbocycles. The maximum atomic E-state index is 15.0. The molecule has 6 rings (SSSR count). The van der Waals surface area contributed by atoms with Crippen molar-refractivity contribution in [2.45, 2.75) is 62.5 Å². The Morgan fingerprint density at radius 3 is 2.35 bits per heavy atom. The summed E-state index contributed by atoms with van der Waals surface area (Å²) in [5.41, 5.74) is -1.94. The number of pyridine rings is 1. The van der Waals surface area contributed by atoms with E-state index in [9.17, 15) is 38.5 Å². The molecule has 0 bridgehead atoms. The molecular weight excluding hydrogens is 746 g/mol. The van der Waals surface area contributed by atoms with E-state index in [0.717, 1.165) is 12.1 Å². The number of carbonyl (C=O) groups excluding carboxylic acids is 2. The van der Waals surface area contributed by atoms with E-state index in [-0.39, 0.29) is 58.9 Å². The van der Waals surface area contributed by atoms with Gasteiger partial charge in [0.05, 0.1) is 27.1 Å². The zero-order valence-electron chi connectivity index (χ0n) is 29.2. The third-order valence-electron chi connectivity index (χ3n) is 9.61. The maximum Gasteiger partial charge on any atom is 0.349 e. The van der Waals surface area contributed by atoms with Crippen LogP contribution in [0.25, 0.3) is 10.9 Å². The van der Waals surface area contributed by atoms with Crippen LogP contribution in [0.3, 0.4) is 0 Å². The number of rotatable bonds is 14. The molecule has 5 aromatic rings. The molecule has 2 aromatic carbocycles. The first-order valence-electron chi connectivity index (χ1n) is 17.2. The molecule has 0 radical (unpaired) electrons. The summed E-state index contributed by atoms with van der Waals surface area (Å²) in [7, 11) is 1.89. The number of thiophene rings is 2. The van der Waals surface area contributed by atoms with Crippen LogP contribution >= 0.6 is 22.7 Å². The van der Waals surface area contributed by atoms with E-state index in [0.29, 0.717) is 52.9 Å². The molecule has 288 valence electrons. The van der Waals surface area contributed by atoms with Gasteiger partial charge < -0.3 is 40.6 Å². The van der Waals surface area contributed by atoms with Crippen molar-refractivity contribution in [3.05, 3.63) is 114 Å². The van der Waals surface area contributed by atoms with E-state index in [1.807, 2.05) is 11.9 Å². The zero-order chi connectivity index (χ0) is 37.7. The number of aliphatic hydroxyl groups excluding tert-OH is 1. The van der Waals surface area contributed by atoms with Crippen LogP contribution in [0.2, 0.25) is 0 Å². The van der Waals surface area contributed by atoms with Gasteiger partial charge in [-0.1, -0.05) is 18.2 Å². The number of esters is 1. The minimum absolute atomic E-state index is 0. The molecule has 0 spiro atoms. The van der Waals surface area contributed by atoms with Gasteiger partial charge in [0.1, 0.15) is 23.5 Å². The summed E-state index contributed by atoms with van der Waals surface area (Å²) < 4.78 is 35.8. The van der Waals surface area contributed by atoms with Crippen molar-refractivity contribution in [1.29, 1.82) is 0 Å². The first-order valence-corrected chi connectivity index (χ1v) is 18.9. The number of nitrogens with one attached hydrogen (secondary N) is 3. The number of carbonyl (C=O) groups is 2. The summed E-state index contributed by atoms with van der Waals surface area (Å²) in [6, 6.07) is 14.7. The van der Waals surface area contributed by atoms with Crippen molar-refractivity contribution >= 4 is 51.1 Å². The Labute approximate surface area is 316 Å². The molecule has 1 aliphatic rings. The number of aliphatic hydroxyl groups is 2. The van der Waals surface area contributed by atoms with E-state index in [2.05, 4.69) is 15.6 Å². The van der Waals surface area contributed by atoms with E-state index >= 15 is 0 Å². The normalized spacial score (nSPS) is 16.6. The van der Waals surface area contributed by atoms with Gasteiger partial charge >= 0.3 is 5.97 Å². The summed E-state index contributed by atoms with van der Waals surface area (Å²) in [5, 5.41) is 41.7. The van der Waals surface area contributed by atoms with Gasteiger partial charge in [0.15, 0.2) is 0 Å². The van der Waals surface area contributed by atoms with Crippen LogP contribution < -0.4 is 16.2 Å². The monoisotopic (exact) mass is 786 g/mol. The highest BCUT2D eigenvalue weighted by atomic mass is 32.1. The average Bonchev–Trinajstić information content (AvgIpc) is 3.89. The lowest BCUT2D eigenvalue weighted by atomic mass is 9.91. The van der Waals surface area contributed by atoms with Gasteiger partial charge in [-0.2, -0.15) is 0 Å². The maximum absolute atomic E-state index is 15.0. The van der Waals surface area contributed by atoms with Gasteiger partial charge in [-0.3, -0.25) is 14.3 Å². The van der Waals surface area contributed by atoms with Crippen LogP contribution in [0.4, 0.5) is 19.2 Å². The highest BCUT2D eigenvalue weighted by Crippen LogP contribution is 2.38. The first kappa shape index (κ1) is 40.6.